The van der Waals surface area contributed by atoms with Crippen LogP contribution in [-0.2, 0) is 9.59 Å². The van der Waals surface area contributed by atoms with E-state index in [4.69, 9.17) is 5.73 Å². The standard InChI is InChI=1S/C14H28N4O2/c1-14(2,3)12(15)13(20)17-10-5-7-18(8-6-10)9-11(19)16-4/h10,12H,5-9,15H2,1-4H3,(H,16,19)(H,17,20). The summed E-state index contributed by atoms with van der Waals surface area (Å²) < 4.78 is 0. The van der Waals surface area contributed by atoms with Gasteiger partial charge in [-0.05, 0) is 18.3 Å². The van der Waals surface area contributed by atoms with E-state index in [0.29, 0.717) is 6.54 Å². The Morgan fingerprint density at radius 1 is 1.30 bits per heavy atom. The molecule has 1 unspecified atom stereocenters. The van der Waals surface area contributed by atoms with Gasteiger partial charge < -0.3 is 16.4 Å². The monoisotopic (exact) mass is 284 g/mol. The summed E-state index contributed by atoms with van der Waals surface area (Å²) in [7, 11) is 1.64. The largest absolute Gasteiger partial charge is 0.358 e. The summed E-state index contributed by atoms with van der Waals surface area (Å²) in [6, 6.07) is -0.330. The lowest BCUT2D eigenvalue weighted by Crippen LogP contribution is -2.54. The maximum Gasteiger partial charge on any atom is 0.237 e. The van der Waals surface area contributed by atoms with Gasteiger partial charge in [0.2, 0.25) is 11.8 Å². The molecule has 6 heteroatoms. The molecule has 116 valence electrons. The fraction of sp³-hybridized carbons (Fsp3) is 0.857. The van der Waals surface area contributed by atoms with Crippen molar-refractivity contribution in [2.45, 2.75) is 45.7 Å². The fourth-order valence-corrected chi connectivity index (χ4v) is 2.20. The van der Waals surface area contributed by atoms with E-state index >= 15 is 0 Å². The van der Waals surface area contributed by atoms with Crippen LogP contribution in [0, 0.1) is 5.41 Å². The zero-order valence-corrected chi connectivity index (χ0v) is 13.0. The predicted octanol–water partition coefficient (Wildman–Crippen LogP) is -0.314. The Kier molecular flexibility index (Phi) is 5.95. The van der Waals surface area contributed by atoms with Crippen molar-refractivity contribution in [2.24, 2.45) is 11.1 Å². The smallest absolute Gasteiger partial charge is 0.237 e. The van der Waals surface area contributed by atoms with Gasteiger partial charge in [0.25, 0.3) is 0 Å². The van der Waals surface area contributed by atoms with Gasteiger partial charge in [0, 0.05) is 26.2 Å². The Bertz CT molecular complexity index is 344. The molecule has 0 aromatic carbocycles. The number of rotatable bonds is 4. The highest BCUT2D eigenvalue weighted by molar-refractivity contribution is 5.82. The number of carbonyl (C=O) groups excluding carboxylic acids is 2. The Morgan fingerprint density at radius 2 is 1.85 bits per heavy atom. The molecule has 0 spiro atoms. The minimum atomic E-state index is -0.494. The first-order valence-electron chi connectivity index (χ1n) is 7.23. The van der Waals surface area contributed by atoms with Crippen molar-refractivity contribution in [2.75, 3.05) is 26.7 Å². The second kappa shape index (κ2) is 7.04. The summed E-state index contributed by atoms with van der Waals surface area (Å²) in [6.07, 6.45) is 1.72. The van der Waals surface area contributed by atoms with Gasteiger partial charge in [-0.25, -0.2) is 0 Å². The molecule has 1 saturated heterocycles. The molecule has 0 saturated carbocycles. The molecule has 0 aromatic rings. The van der Waals surface area contributed by atoms with Crippen LogP contribution in [0.1, 0.15) is 33.6 Å². The Labute approximate surface area is 121 Å². The van der Waals surface area contributed by atoms with E-state index in [1.807, 2.05) is 20.8 Å². The second-order valence-corrected chi connectivity index (χ2v) is 6.58. The summed E-state index contributed by atoms with van der Waals surface area (Å²) in [6.45, 7) is 7.96. The SMILES string of the molecule is CNC(=O)CN1CCC(NC(=O)C(N)C(C)(C)C)CC1. The van der Waals surface area contributed by atoms with Crippen LogP contribution in [0.25, 0.3) is 0 Å². The maximum absolute atomic E-state index is 12.0. The number of nitrogens with one attached hydrogen (secondary N) is 2. The summed E-state index contributed by atoms with van der Waals surface area (Å²) in [4.78, 5) is 25.5. The van der Waals surface area contributed by atoms with Crippen molar-refractivity contribution in [3.8, 4) is 0 Å². The molecule has 0 bridgehead atoms. The zero-order chi connectivity index (χ0) is 15.3. The number of amides is 2. The van der Waals surface area contributed by atoms with Gasteiger partial charge in [-0.2, -0.15) is 0 Å². The minimum absolute atomic E-state index is 0.0299. The van der Waals surface area contributed by atoms with E-state index in [0.717, 1.165) is 25.9 Å². The van der Waals surface area contributed by atoms with Gasteiger partial charge >= 0.3 is 0 Å². The molecule has 1 atom stereocenters. The molecule has 0 radical (unpaired) electrons. The number of likely N-dealkylation sites (tertiary alicyclic amines) is 1. The molecule has 0 aliphatic carbocycles. The van der Waals surface area contributed by atoms with Gasteiger partial charge in [0.05, 0.1) is 12.6 Å². The first-order chi connectivity index (χ1) is 9.24. The lowest BCUT2D eigenvalue weighted by atomic mass is 9.86. The van der Waals surface area contributed by atoms with Crippen LogP contribution in [0.3, 0.4) is 0 Å². The average molecular weight is 284 g/mol. The average Bonchev–Trinajstić information content (AvgIpc) is 2.38. The molecule has 1 aliphatic heterocycles. The highest BCUT2D eigenvalue weighted by Crippen LogP contribution is 2.18. The van der Waals surface area contributed by atoms with Crippen molar-refractivity contribution >= 4 is 11.8 Å². The van der Waals surface area contributed by atoms with Crippen LogP contribution in [0.5, 0.6) is 0 Å². The second-order valence-electron chi connectivity index (χ2n) is 6.58. The van der Waals surface area contributed by atoms with Crippen molar-refractivity contribution in [3.63, 3.8) is 0 Å². The quantitative estimate of drug-likeness (QED) is 0.660. The van der Waals surface area contributed by atoms with Crippen molar-refractivity contribution in [3.05, 3.63) is 0 Å². The molecule has 1 fully saturated rings. The number of nitrogens with zero attached hydrogens (tertiary/aromatic N) is 1. The third kappa shape index (κ3) is 5.09. The summed E-state index contributed by atoms with van der Waals surface area (Å²) in [5.41, 5.74) is 5.72. The van der Waals surface area contributed by atoms with Crippen LogP contribution in [0.4, 0.5) is 0 Å². The number of nitrogens with two attached hydrogens (primary N) is 1. The lowest BCUT2D eigenvalue weighted by molar-refractivity contribution is -0.126. The summed E-state index contributed by atoms with van der Waals surface area (Å²) >= 11 is 0. The third-order valence-electron chi connectivity index (χ3n) is 3.80. The van der Waals surface area contributed by atoms with Crippen molar-refractivity contribution in [1.82, 2.24) is 15.5 Å². The van der Waals surface area contributed by atoms with Crippen LogP contribution in [-0.4, -0.2) is 55.5 Å². The number of carbonyl (C=O) groups is 2. The molecule has 6 nitrogen and oxygen atoms in total. The Balaban J connectivity index is 2.36. The van der Waals surface area contributed by atoms with Gasteiger partial charge in [-0.15, -0.1) is 0 Å². The maximum atomic E-state index is 12.0. The summed E-state index contributed by atoms with van der Waals surface area (Å²) in [5, 5.41) is 5.64. The number of likely N-dealkylation sites (N-methyl/N-ethyl adjacent to an activating group) is 1. The molecule has 2 amide bonds. The zero-order valence-electron chi connectivity index (χ0n) is 13.0. The highest BCUT2D eigenvalue weighted by Gasteiger charge is 2.30. The lowest BCUT2D eigenvalue weighted by Gasteiger charge is -2.33. The van der Waals surface area contributed by atoms with Crippen molar-refractivity contribution < 1.29 is 9.59 Å². The van der Waals surface area contributed by atoms with E-state index in [-0.39, 0.29) is 23.3 Å². The predicted molar refractivity (Wildman–Crippen MR) is 79.1 cm³/mol. The van der Waals surface area contributed by atoms with Gasteiger partial charge in [-0.3, -0.25) is 14.5 Å². The van der Waals surface area contributed by atoms with Crippen LogP contribution in [0.2, 0.25) is 0 Å². The van der Waals surface area contributed by atoms with Crippen molar-refractivity contribution in [1.29, 1.82) is 0 Å². The van der Waals surface area contributed by atoms with Gasteiger partial charge in [0.1, 0.15) is 0 Å². The van der Waals surface area contributed by atoms with E-state index in [1.54, 1.807) is 7.05 Å². The molecule has 20 heavy (non-hydrogen) atoms. The van der Waals surface area contributed by atoms with E-state index in [9.17, 15) is 9.59 Å². The molecule has 1 heterocycles. The molecule has 4 N–H and O–H groups in total. The molecule has 0 aromatic heterocycles. The van der Waals surface area contributed by atoms with E-state index < -0.39 is 6.04 Å². The van der Waals surface area contributed by atoms with Crippen LogP contribution in [0.15, 0.2) is 0 Å². The molecular weight excluding hydrogens is 256 g/mol. The fourth-order valence-electron chi connectivity index (χ4n) is 2.20. The van der Waals surface area contributed by atoms with Crippen LogP contribution < -0.4 is 16.4 Å². The van der Waals surface area contributed by atoms with Gasteiger partial charge in [-0.1, -0.05) is 20.8 Å². The van der Waals surface area contributed by atoms with Crippen LogP contribution >= 0.6 is 0 Å². The Morgan fingerprint density at radius 3 is 2.30 bits per heavy atom. The first kappa shape index (κ1) is 16.9. The minimum Gasteiger partial charge on any atom is -0.358 e. The van der Waals surface area contributed by atoms with E-state index in [1.165, 1.54) is 0 Å². The number of hydrogen-bond donors (Lipinski definition) is 3. The third-order valence-corrected chi connectivity index (χ3v) is 3.80. The summed E-state index contributed by atoms with van der Waals surface area (Å²) in [5.74, 6) is -0.0514. The topological polar surface area (TPSA) is 87.5 Å². The normalized spacial score (nSPS) is 19.4. The van der Waals surface area contributed by atoms with Gasteiger partial charge in [0.15, 0.2) is 0 Å². The number of hydrogen-bond acceptors (Lipinski definition) is 4. The first-order valence-corrected chi connectivity index (χ1v) is 7.23. The Hall–Kier alpha value is -1.14. The number of piperidine rings is 1. The molecular formula is C14H28N4O2. The molecule has 1 aliphatic rings. The highest BCUT2D eigenvalue weighted by atomic mass is 16.2. The molecule has 1 rings (SSSR count). The van der Waals surface area contributed by atoms with E-state index in [2.05, 4.69) is 15.5 Å².